The van der Waals surface area contributed by atoms with Gasteiger partial charge < -0.3 is 16.4 Å². The fourth-order valence-electron chi connectivity index (χ4n) is 2.36. The Labute approximate surface area is 122 Å². The number of carbonyl (C=O) groups excluding carboxylic acids is 1. The Morgan fingerprint density at radius 3 is 2.35 bits per heavy atom. The molecule has 0 heterocycles. The van der Waals surface area contributed by atoms with E-state index in [4.69, 9.17) is 11.5 Å². The lowest BCUT2D eigenvalue weighted by molar-refractivity contribution is 0.0952. The second-order valence-electron chi connectivity index (χ2n) is 5.54. The molecular formula is C16H27N3O. The van der Waals surface area contributed by atoms with E-state index in [0.717, 1.165) is 18.8 Å². The van der Waals surface area contributed by atoms with Gasteiger partial charge in [0.2, 0.25) is 0 Å². The first-order valence-electron chi connectivity index (χ1n) is 7.34. The maximum absolute atomic E-state index is 12.4. The Bertz CT molecular complexity index is 453. The van der Waals surface area contributed by atoms with Crippen LogP contribution >= 0.6 is 0 Å². The molecule has 0 aromatic heterocycles. The fraction of sp³-hybridized carbons (Fsp3) is 0.562. The molecule has 20 heavy (non-hydrogen) atoms. The van der Waals surface area contributed by atoms with Crippen molar-refractivity contribution in [3.8, 4) is 0 Å². The molecule has 1 unspecified atom stereocenters. The van der Waals surface area contributed by atoms with Gasteiger partial charge in [0.15, 0.2) is 5.78 Å². The molecule has 0 aliphatic carbocycles. The highest BCUT2D eigenvalue weighted by Crippen LogP contribution is 2.23. The topological polar surface area (TPSA) is 72.3 Å². The molecule has 0 aliphatic rings. The first-order valence-corrected chi connectivity index (χ1v) is 7.34. The first kappa shape index (κ1) is 16.5. The van der Waals surface area contributed by atoms with Crippen molar-refractivity contribution in [2.75, 3.05) is 23.7 Å². The Morgan fingerprint density at radius 1 is 1.25 bits per heavy atom. The first-order chi connectivity index (χ1) is 9.40. The molecule has 0 amide bonds. The van der Waals surface area contributed by atoms with Crippen LogP contribution in [-0.4, -0.2) is 24.9 Å². The Balaban J connectivity index is 3.04. The minimum absolute atomic E-state index is 0.0646. The highest BCUT2D eigenvalue weighted by Gasteiger charge is 2.20. The molecule has 4 nitrogen and oxygen atoms in total. The molecule has 0 radical (unpaired) electrons. The van der Waals surface area contributed by atoms with Gasteiger partial charge >= 0.3 is 0 Å². The van der Waals surface area contributed by atoms with E-state index in [1.807, 2.05) is 12.1 Å². The molecule has 4 heteroatoms. The van der Waals surface area contributed by atoms with Gasteiger partial charge in [-0.2, -0.15) is 0 Å². The molecule has 112 valence electrons. The van der Waals surface area contributed by atoms with E-state index in [0.29, 0.717) is 23.6 Å². The number of hydrogen-bond acceptors (Lipinski definition) is 4. The molecule has 4 N–H and O–H groups in total. The van der Waals surface area contributed by atoms with Crippen molar-refractivity contribution in [1.82, 2.24) is 0 Å². The molecule has 0 aliphatic heterocycles. The van der Waals surface area contributed by atoms with Crippen LogP contribution in [0.1, 0.15) is 44.5 Å². The van der Waals surface area contributed by atoms with Crippen LogP contribution in [0.5, 0.6) is 0 Å². The summed E-state index contributed by atoms with van der Waals surface area (Å²) in [6, 6.07) is 5.13. The fourth-order valence-corrected chi connectivity index (χ4v) is 2.36. The van der Waals surface area contributed by atoms with E-state index in [1.54, 1.807) is 6.07 Å². The molecule has 1 rings (SSSR count). The molecule has 0 fully saturated rings. The summed E-state index contributed by atoms with van der Waals surface area (Å²) in [5.41, 5.74) is 14.0. The van der Waals surface area contributed by atoms with Gasteiger partial charge in [0.1, 0.15) is 0 Å². The van der Waals surface area contributed by atoms with Gasteiger partial charge in [-0.15, -0.1) is 0 Å². The SMILES string of the molecule is CCN(CC)c1ccc(N)c(C(=O)C(N)CC(C)C)c1. The summed E-state index contributed by atoms with van der Waals surface area (Å²) in [7, 11) is 0. The van der Waals surface area contributed by atoms with Gasteiger partial charge in [0.05, 0.1) is 6.04 Å². The van der Waals surface area contributed by atoms with Gasteiger partial charge in [-0.3, -0.25) is 4.79 Å². The van der Waals surface area contributed by atoms with Gasteiger partial charge in [0, 0.05) is 30.0 Å². The molecule has 1 atom stereocenters. The third kappa shape index (κ3) is 3.97. The van der Waals surface area contributed by atoms with Crippen LogP contribution in [-0.2, 0) is 0 Å². The minimum Gasteiger partial charge on any atom is -0.398 e. The van der Waals surface area contributed by atoms with Crippen molar-refractivity contribution in [2.45, 2.75) is 40.2 Å². The summed E-state index contributed by atoms with van der Waals surface area (Å²) < 4.78 is 0. The smallest absolute Gasteiger partial charge is 0.181 e. The predicted octanol–water partition coefficient (Wildman–Crippen LogP) is 2.67. The van der Waals surface area contributed by atoms with E-state index >= 15 is 0 Å². The number of ketones is 1. The van der Waals surface area contributed by atoms with Crippen molar-refractivity contribution in [3.63, 3.8) is 0 Å². The summed E-state index contributed by atoms with van der Waals surface area (Å²) in [5, 5.41) is 0. The average molecular weight is 277 g/mol. The molecule has 0 saturated heterocycles. The Morgan fingerprint density at radius 2 is 1.85 bits per heavy atom. The average Bonchev–Trinajstić information content (AvgIpc) is 2.40. The molecule has 0 spiro atoms. The number of benzene rings is 1. The number of nitrogens with two attached hydrogens (primary N) is 2. The van der Waals surface area contributed by atoms with Crippen molar-refractivity contribution in [1.29, 1.82) is 0 Å². The van der Waals surface area contributed by atoms with Crippen molar-refractivity contribution in [2.24, 2.45) is 11.7 Å². The number of hydrogen-bond donors (Lipinski definition) is 2. The number of carbonyl (C=O) groups is 1. The number of Topliss-reactive ketones (excluding diaryl/α,β-unsaturated/α-hetero) is 1. The lowest BCUT2D eigenvalue weighted by Crippen LogP contribution is -2.32. The third-order valence-electron chi connectivity index (χ3n) is 3.49. The van der Waals surface area contributed by atoms with Crippen LogP contribution in [0, 0.1) is 5.92 Å². The van der Waals surface area contributed by atoms with E-state index in [9.17, 15) is 4.79 Å². The van der Waals surface area contributed by atoms with Crippen molar-refractivity contribution in [3.05, 3.63) is 23.8 Å². The maximum Gasteiger partial charge on any atom is 0.181 e. The summed E-state index contributed by atoms with van der Waals surface area (Å²) in [6.45, 7) is 10.1. The number of nitrogens with zero attached hydrogens (tertiary/aromatic N) is 1. The number of anilines is 2. The van der Waals surface area contributed by atoms with Crippen LogP contribution in [0.15, 0.2) is 18.2 Å². The second-order valence-corrected chi connectivity index (χ2v) is 5.54. The van der Waals surface area contributed by atoms with Gasteiger partial charge in [-0.1, -0.05) is 13.8 Å². The van der Waals surface area contributed by atoms with E-state index < -0.39 is 6.04 Å². The minimum atomic E-state index is -0.482. The van der Waals surface area contributed by atoms with Crippen LogP contribution in [0.4, 0.5) is 11.4 Å². The quantitative estimate of drug-likeness (QED) is 0.593. The van der Waals surface area contributed by atoms with Crippen LogP contribution in [0.3, 0.4) is 0 Å². The summed E-state index contributed by atoms with van der Waals surface area (Å²) >= 11 is 0. The van der Waals surface area contributed by atoms with Gasteiger partial charge in [-0.25, -0.2) is 0 Å². The zero-order valence-electron chi connectivity index (χ0n) is 13.0. The summed E-state index contributed by atoms with van der Waals surface area (Å²) in [4.78, 5) is 14.6. The zero-order valence-corrected chi connectivity index (χ0v) is 13.0. The summed E-state index contributed by atoms with van der Waals surface area (Å²) in [5.74, 6) is 0.325. The van der Waals surface area contributed by atoms with Crippen LogP contribution in [0.25, 0.3) is 0 Å². The third-order valence-corrected chi connectivity index (χ3v) is 3.49. The van der Waals surface area contributed by atoms with Crippen LogP contribution in [0.2, 0.25) is 0 Å². The largest absolute Gasteiger partial charge is 0.398 e. The lowest BCUT2D eigenvalue weighted by atomic mass is 9.95. The molecule has 1 aromatic rings. The zero-order chi connectivity index (χ0) is 15.3. The van der Waals surface area contributed by atoms with E-state index in [1.165, 1.54) is 0 Å². The number of nitrogen functional groups attached to an aromatic ring is 1. The Kier molecular flexibility index (Phi) is 6.02. The lowest BCUT2D eigenvalue weighted by Gasteiger charge is -2.22. The molecular weight excluding hydrogens is 250 g/mol. The number of rotatable bonds is 7. The van der Waals surface area contributed by atoms with Crippen molar-refractivity contribution < 1.29 is 4.79 Å². The molecule has 1 aromatic carbocycles. The standard InChI is InChI=1S/C16H27N3O/c1-5-19(6-2)12-7-8-14(17)13(10-12)16(20)15(18)9-11(3)4/h7-8,10-11,15H,5-6,9,17-18H2,1-4H3. The van der Waals surface area contributed by atoms with E-state index in [-0.39, 0.29) is 5.78 Å². The van der Waals surface area contributed by atoms with Gasteiger partial charge in [0.25, 0.3) is 0 Å². The summed E-state index contributed by atoms with van der Waals surface area (Å²) in [6.07, 6.45) is 0.674. The van der Waals surface area contributed by atoms with Crippen LogP contribution < -0.4 is 16.4 Å². The highest BCUT2D eigenvalue weighted by molar-refractivity contribution is 6.04. The Hall–Kier alpha value is -1.55. The van der Waals surface area contributed by atoms with E-state index in [2.05, 4.69) is 32.6 Å². The normalized spacial score (nSPS) is 12.5. The maximum atomic E-state index is 12.4. The van der Waals surface area contributed by atoms with Crippen molar-refractivity contribution >= 4 is 17.2 Å². The monoisotopic (exact) mass is 277 g/mol. The molecule has 0 bridgehead atoms. The molecule has 0 saturated carbocycles. The highest BCUT2D eigenvalue weighted by atomic mass is 16.1. The second kappa shape index (κ2) is 7.29. The predicted molar refractivity (Wildman–Crippen MR) is 86.2 cm³/mol. The van der Waals surface area contributed by atoms with Gasteiger partial charge in [-0.05, 0) is 44.4 Å².